The van der Waals surface area contributed by atoms with Gasteiger partial charge in [-0.2, -0.15) is 0 Å². The van der Waals surface area contributed by atoms with Crippen molar-refractivity contribution >= 4 is 33.6 Å². The molecule has 0 aliphatic carbocycles. The number of sulfone groups is 1. The van der Waals surface area contributed by atoms with E-state index in [1.165, 1.54) is 11.0 Å². The van der Waals surface area contributed by atoms with Gasteiger partial charge >= 0.3 is 6.09 Å². The highest BCUT2D eigenvalue weighted by Gasteiger charge is 2.21. The summed E-state index contributed by atoms with van der Waals surface area (Å²) in [5, 5.41) is 9.16. The van der Waals surface area contributed by atoms with Crippen molar-refractivity contribution in [1.29, 1.82) is 0 Å². The number of hydrogen-bond donors (Lipinski definition) is 1. The first-order chi connectivity index (χ1) is 11.3. The third kappa shape index (κ3) is 5.24. The number of halogens is 1. The van der Waals surface area contributed by atoms with Crippen LogP contribution in [-0.4, -0.2) is 43.9 Å². The average Bonchev–Trinajstić information content (AvgIpc) is 2.51. The summed E-state index contributed by atoms with van der Waals surface area (Å²) >= 11 is 6.02. The molecule has 1 aromatic carbocycles. The van der Waals surface area contributed by atoms with E-state index in [0.717, 1.165) is 37.5 Å². The molecule has 0 saturated carbocycles. The molecule has 5 nitrogen and oxygen atoms in total. The fourth-order valence-corrected chi connectivity index (χ4v) is 4.22. The average molecular weight is 372 g/mol. The Labute approximate surface area is 147 Å². The van der Waals surface area contributed by atoms with Crippen molar-refractivity contribution in [2.24, 2.45) is 5.92 Å². The molecule has 0 radical (unpaired) electrons. The van der Waals surface area contributed by atoms with Crippen molar-refractivity contribution in [2.45, 2.75) is 30.6 Å². The Morgan fingerprint density at radius 3 is 2.58 bits per heavy atom. The zero-order chi connectivity index (χ0) is 17.7. The molecule has 1 amide bonds. The van der Waals surface area contributed by atoms with Crippen LogP contribution in [0.4, 0.5) is 4.79 Å². The van der Waals surface area contributed by atoms with Gasteiger partial charge in [0.1, 0.15) is 0 Å². The molecule has 132 valence electrons. The zero-order valence-corrected chi connectivity index (χ0v) is 15.2. The highest BCUT2D eigenvalue weighted by molar-refractivity contribution is 7.90. The number of carboxylic acid groups (broad SMARTS) is 1. The van der Waals surface area contributed by atoms with Crippen LogP contribution >= 0.6 is 11.6 Å². The Hall–Kier alpha value is -1.53. The molecule has 2 rings (SSSR count). The summed E-state index contributed by atoms with van der Waals surface area (Å²) in [4.78, 5) is 12.5. The lowest BCUT2D eigenvalue weighted by Crippen LogP contribution is -2.37. The van der Waals surface area contributed by atoms with Gasteiger partial charge in [-0.15, -0.1) is 0 Å². The SMILES string of the molecule is CS(=O)(=O)c1ccc(C=CCCC2CCN(C(=O)O)CC2)cc1Cl. The maximum atomic E-state index is 11.5. The van der Waals surface area contributed by atoms with Gasteiger partial charge in [-0.25, -0.2) is 13.2 Å². The lowest BCUT2D eigenvalue weighted by Gasteiger charge is -2.29. The zero-order valence-electron chi connectivity index (χ0n) is 13.6. The Bertz CT molecular complexity index is 722. The van der Waals surface area contributed by atoms with Crippen molar-refractivity contribution in [3.63, 3.8) is 0 Å². The molecule has 1 aliphatic rings. The Balaban J connectivity index is 1.83. The Morgan fingerprint density at radius 2 is 2.04 bits per heavy atom. The topological polar surface area (TPSA) is 74.7 Å². The maximum Gasteiger partial charge on any atom is 0.407 e. The van der Waals surface area contributed by atoms with Gasteiger partial charge in [-0.1, -0.05) is 29.8 Å². The number of piperidine rings is 1. The van der Waals surface area contributed by atoms with E-state index in [0.29, 0.717) is 19.0 Å². The van der Waals surface area contributed by atoms with Crippen LogP contribution in [0.5, 0.6) is 0 Å². The number of likely N-dealkylation sites (tertiary alicyclic amines) is 1. The first kappa shape index (κ1) is 18.8. The summed E-state index contributed by atoms with van der Waals surface area (Å²) in [6.45, 7) is 1.23. The van der Waals surface area contributed by atoms with Crippen LogP contribution in [0.25, 0.3) is 6.08 Å². The van der Waals surface area contributed by atoms with Gasteiger partial charge in [-0.05, 0) is 49.3 Å². The number of benzene rings is 1. The summed E-state index contributed by atoms with van der Waals surface area (Å²) in [5.74, 6) is 0.557. The minimum Gasteiger partial charge on any atom is -0.465 e. The molecule has 24 heavy (non-hydrogen) atoms. The fraction of sp³-hybridized carbons (Fsp3) is 0.471. The predicted octanol–water partition coefficient (Wildman–Crippen LogP) is 3.93. The molecule has 0 spiro atoms. The molecule has 0 aromatic heterocycles. The standard InChI is InChI=1S/C17H22ClNO4S/c1-24(22,23)16-7-6-14(12-15(16)18)5-3-2-4-13-8-10-19(11-9-13)17(20)21/h3,5-7,12-13H,2,4,8-11H2,1H3,(H,20,21). The lowest BCUT2D eigenvalue weighted by atomic mass is 9.92. The van der Waals surface area contributed by atoms with Gasteiger partial charge in [0.05, 0.1) is 9.92 Å². The summed E-state index contributed by atoms with van der Waals surface area (Å²) in [6, 6.07) is 4.92. The van der Waals surface area contributed by atoms with E-state index in [1.807, 2.05) is 6.08 Å². The highest BCUT2D eigenvalue weighted by atomic mass is 35.5. The Kier molecular flexibility index (Phi) is 6.29. The quantitative estimate of drug-likeness (QED) is 0.850. The first-order valence-electron chi connectivity index (χ1n) is 7.91. The molecule has 1 heterocycles. The second kappa shape index (κ2) is 8.03. The molecule has 1 aliphatic heterocycles. The number of hydrogen-bond acceptors (Lipinski definition) is 3. The van der Waals surface area contributed by atoms with Crippen molar-refractivity contribution in [3.05, 3.63) is 34.9 Å². The van der Waals surface area contributed by atoms with Crippen molar-refractivity contribution in [2.75, 3.05) is 19.3 Å². The third-order valence-corrected chi connectivity index (χ3v) is 5.87. The molecule has 1 aromatic rings. The van der Waals surface area contributed by atoms with E-state index < -0.39 is 15.9 Å². The van der Waals surface area contributed by atoms with E-state index >= 15 is 0 Å². The van der Waals surface area contributed by atoms with Crippen LogP contribution in [0.15, 0.2) is 29.2 Å². The number of amides is 1. The summed E-state index contributed by atoms with van der Waals surface area (Å²) in [6.07, 6.45) is 8.05. The van der Waals surface area contributed by atoms with Crippen LogP contribution < -0.4 is 0 Å². The molecule has 0 atom stereocenters. The smallest absolute Gasteiger partial charge is 0.407 e. The minimum atomic E-state index is -3.30. The van der Waals surface area contributed by atoms with Gasteiger partial charge in [0.25, 0.3) is 0 Å². The minimum absolute atomic E-state index is 0.145. The van der Waals surface area contributed by atoms with Crippen molar-refractivity contribution < 1.29 is 18.3 Å². The van der Waals surface area contributed by atoms with Crippen molar-refractivity contribution in [3.8, 4) is 0 Å². The second-order valence-corrected chi connectivity index (χ2v) is 8.55. The van der Waals surface area contributed by atoms with E-state index in [2.05, 4.69) is 6.08 Å². The highest BCUT2D eigenvalue weighted by Crippen LogP contribution is 2.24. The van der Waals surface area contributed by atoms with Gasteiger partial charge in [0.15, 0.2) is 9.84 Å². The van der Waals surface area contributed by atoms with Crippen LogP contribution in [0, 0.1) is 5.92 Å². The number of nitrogens with zero attached hydrogens (tertiary/aromatic N) is 1. The molecule has 1 N–H and O–H groups in total. The predicted molar refractivity (Wildman–Crippen MR) is 95.2 cm³/mol. The number of carbonyl (C=O) groups is 1. The first-order valence-corrected chi connectivity index (χ1v) is 10.2. The Morgan fingerprint density at radius 1 is 1.38 bits per heavy atom. The normalized spacial score (nSPS) is 16.7. The summed E-state index contributed by atoms with van der Waals surface area (Å²) < 4.78 is 23.0. The van der Waals surface area contributed by atoms with Crippen LogP contribution in [0.3, 0.4) is 0 Å². The fourth-order valence-electron chi connectivity index (χ4n) is 2.89. The largest absolute Gasteiger partial charge is 0.465 e. The molecule has 1 saturated heterocycles. The van der Waals surface area contributed by atoms with Crippen LogP contribution in [0.2, 0.25) is 5.02 Å². The van der Waals surface area contributed by atoms with E-state index in [-0.39, 0.29) is 9.92 Å². The summed E-state index contributed by atoms with van der Waals surface area (Å²) in [5.41, 5.74) is 0.869. The molecule has 7 heteroatoms. The van der Waals surface area contributed by atoms with Crippen LogP contribution in [0.1, 0.15) is 31.2 Å². The van der Waals surface area contributed by atoms with E-state index in [9.17, 15) is 13.2 Å². The van der Waals surface area contributed by atoms with Crippen molar-refractivity contribution in [1.82, 2.24) is 4.90 Å². The molecule has 0 unspecified atom stereocenters. The third-order valence-electron chi connectivity index (χ3n) is 4.29. The van der Waals surface area contributed by atoms with Gasteiger partial charge in [-0.3, -0.25) is 0 Å². The van der Waals surface area contributed by atoms with Gasteiger partial charge in [0, 0.05) is 19.3 Å². The molecular weight excluding hydrogens is 350 g/mol. The molecular formula is C17H22ClNO4S. The molecule has 1 fully saturated rings. The second-order valence-electron chi connectivity index (χ2n) is 6.15. The van der Waals surface area contributed by atoms with Gasteiger partial charge < -0.3 is 10.0 Å². The number of allylic oxidation sites excluding steroid dienone is 1. The monoisotopic (exact) mass is 371 g/mol. The van der Waals surface area contributed by atoms with Crippen LogP contribution in [-0.2, 0) is 9.84 Å². The number of rotatable bonds is 5. The van der Waals surface area contributed by atoms with Gasteiger partial charge in [0.2, 0.25) is 0 Å². The maximum absolute atomic E-state index is 11.5. The van der Waals surface area contributed by atoms with E-state index in [4.69, 9.17) is 16.7 Å². The van der Waals surface area contributed by atoms with E-state index in [1.54, 1.807) is 12.1 Å². The summed E-state index contributed by atoms with van der Waals surface area (Å²) in [7, 11) is -3.30. The lowest BCUT2D eigenvalue weighted by molar-refractivity contribution is 0.123. The molecule has 0 bridgehead atoms.